The van der Waals surface area contributed by atoms with E-state index in [0.29, 0.717) is 0 Å². The number of benzene rings is 2. The molecule has 5 heteroatoms. The van der Waals surface area contributed by atoms with Crippen LogP contribution in [-0.4, -0.2) is 29.7 Å². The average Bonchev–Trinajstić information content (AvgIpc) is 2.99. The molecule has 26 heavy (non-hydrogen) atoms. The molecular weight excluding hydrogens is 328 g/mol. The third-order valence-electron chi connectivity index (χ3n) is 4.62. The van der Waals surface area contributed by atoms with Crippen LogP contribution in [0.3, 0.4) is 0 Å². The minimum absolute atomic E-state index is 0.286. The van der Waals surface area contributed by atoms with Crippen LogP contribution in [0.25, 0.3) is 33.1 Å². The van der Waals surface area contributed by atoms with Crippen LogP contribution in [0, 0.1) is 0 Å². The molecule has 0 spiro atoms. The number of carbonyl (C=O) groups excluding carboxylic acids is 1. The molecule has 0 radical (unpaired) electrons. The first kappa shape index (κ1) is 16.1. The van der Waals surface area contributed by atoms with Gasteiger partial charge in [-0.3, -0.25) is 0 Å². The molecule has 0 aliphatic rings. The van der Waals surface area contributed by atoms with Crippen LogP contribution in [0.5, 0.6) is 5.75 Å². The zero-order chi connectivity index (χ0) is 18.3. The number of esters is 1. The molecule has 0 saturated heterocycles. The summed E-state index contributed by atoms with van der Waals surface area (Å²) in [6.45, 7) is 0. The lowest BCUT2D eigenvalue weighted by molar-refractivity contribution is 0.0594. The first-order valence-corrected chi connectivity index (χ1v) is 8.25. The highest BCUT2D eigenvalue weighted by Crippen LogP contribution is 2.35. The molecule has 4 rings (SSSR count). The van der Waals surface area contributed by atoms with E-state index < -0.39 is 5.97 Å². The molecular formula is C21H18N2O3. The summed E-state index contributed by atoms with van der Waals surface area (Å²) >= 11 is 0. The average molecular weight is 346 g/mol. The highest BCUT2D eigenvalue weighted by Gasteiger charge is 2.19. The van der Waals surface area contributed by atoms with Gasteiger partial charge in [0.25, 0.3) is 0 Å². The van der Waals surface area contributed by atoms with Crippen LogP contribution in [0.2, 0.25) is 0 Å². The fourth-order valence-electron chi connectivity index (χ4n) is 3.38. The molecule has 0 saturated carbocycles. The topological polar surface area (TPSA) is 53.4 Å². The lowest BCUT2D eigenvalue weighted by Crippen LogP contribution is -2.06. The summed E-state index contributed by atoms with van der Waals surface area (Å²) in [4.78, 5) is 16.8. The number of hydrogen-bond acceptors (Lipinski definition) is 4. The minimum atomic E-state index is -0.455. The Kier molecular flexibility index (Phi) is 3.84. The van der Waals surface area contributed by atoms with E-state index in [1.807, 2.05) is 49.5 Å². The Hall–Kier alpha value is -3.34. The molecule has 2 heterocycles. The van der Waals surface area contributed by atoms with Gasteiger partial charge in [-0.25, -0.2) is 9.78 Å². The van der Waals surface area contributed by atoms with Crippen LogP contribution in [0.1, 0.15) is 10.5 Å². The van der Waals surface area contributed by atoms with Gasteiger partial charge in [-0.2, -0.15) is 0 Å². The van der Waals surface area contributed by atoms with E-state index in [-0.39, 0.29) is 5.69 Å². The van der Waals surface area contributed by atoms with Crippen LogP contribution < -0.4 is 4.74 Å². The second-order valence-corrected chi connectivity index (χ2v) is 6.05. The van der Waals surface area contributed by atoms with Crippen molar-refractivity contribution in [3.8, 4) is 17.0 Å². The van der Waals surface area contributed by atoms with Crippen molar-refractivity contribution in [2.75, 3.05) is 14.2 Å². The number of methoxy groups -OCH3 is 2. The second-order valence-electron chi connectivity index (χ2n) is 6.05. The number of fused-ring (bicyclic) bond motifs is 3. The highest BCUT2D eigenvalue weighted by molar-refractivity contribution is 6.13. The van der Waals surface area contributed by atoms with E-state index in [1.165, 1.54) is 7.11 Å². The van der Waals surface area contributed by atoms with Crippen LogP contribution in [-0.2, 0) is 11.8 Å². The third-order valence-corrected chi connectivity index (χ3v) is 4.62. The summed E-state index contributed by atoms with van der Waals surface area (Å²) in [5.74, 6) is 0.281. The van der Waals surface area contributed by atoms with Gasteiger partial charge < -0.3 is 14.0 Å². The van der Waals surface area contributed by atoms with Crippen LogP contribution >= 0.6 is 0 Å². The molecule has 0 bridgehead atoms. The molecule has 0 fully saturated rings. The molecule has 2 aromatic heterocycles. The molecule has 0 amide bonds. The first-order chi connectivity index (χ1) is 12.6. The quantitative estimate of drug-likeness (QED) is 0.522. The van der Waals surface area contributed by atoms with Gasteiger partial charge in [0.1, 0.15) is 11.4 Å². The lowest BCUT2D eigenvalue weighted by atomic mass is 10.1. The van der Waals surface area contributed by atoms with Crippen LogP contribution in [0.15, 0.2) is 54.6 Å². The van der Waals surface area contributed by atoms with E-state index in [2.05, 4.69) is 15.6 Å². The van der Waals surface area contributed by atoms with Crippen molar-refractivity contribution in [3.63, 3.8) is 0 Å². The first-order valence-electron chi connectivity index (χ1n) is 8.25. The fraction of sp³-hybridized carbons (Fsp3) is 0.143. The largest absolute Gasteiger partial charge is 0.497 e. The Morgan fingerprint density at radius 3 is 2.58 bits per heavy atom. The van der Waals surface area contributed by atoms with Crippen LogP contribution in [0.4, 0.5) is 0 Å². The number of para-hydroxylation sites is 1. The standard InChI is InChI=1S/C21H18N2O3/c1-23-18-10-5-4-9-15(18)16-12-17(21(24)26-3)22-19(20(16)23)13-7-6-8-14(11-13)25-2/h4-12H,1-3H3. The maximum Gasteiger partial charge on any atom is 0.356 e. The molecule has 2 aromatic carbocycles. The van der Waals surface area contributed by atoms with Crippen molar-refractivity contribution in [2.45, 2.75) is 0 Å². The van der Waals surface area contributed by atoms with E-state index in [1.54, 1.807) is 13.2 Å². The van der Waals surface area contributed by atoms with Gasteiger partial charge in [0, 0.05) is 28.9 Å². The van der Waals surface area contributed by atoms with E-state index in [9.17, 15) is 4.79 Å². The summed E-state index contributed by atoms with van der Waals surface area (Å²) < 4.78 is 12.4. The van der Waals surface area contributed by atoms with Gasteiger partial charge in [0.15, 0.2) is 0 Å². The number of rotatable bonds is 3. The predicted molar refractivity (Wildman–Crippen MR) is 102 cm³/mol. The summed E-state index contributed by atoms with van der Waals surface area (Å²) in [5, 5.41) is 2.04. The number of carbonyl (C=O) groups is 1. The smallest absolute Gasteiger partial charge is 0.356 e. The van der Waals surface area contributed by atoms with Crippen molar-refractivity contribution >= 4 is 27.8 Å². The number of nitrogens with zero attached hydrogens (tertiary/aromatic N) is 2. The van der Waals surface area contributed by atoms with Gasteiger partial charge in [-0.15, -0.1) is 0 Å². The number of hydrogen-bond donors (Lipinski definition) is 0. The molecule has 0 aliphatic heterocycles. The fourth-order valence-corrected chi connectivity index (χ4v) is 3.38. The highest BCUT2D eigenvalue weighted by atomic mass is 16.5. The number of pyridine rings is 1. The van der Waals surface area contributed by atoms with Crippen molar-refractivity contribution in [2.24, 2.45) is 7.05 Å². The predicted octanol–water partition coefficient (Wildman–Crippen LogP) is 4.19. The second kappa shape index (κ2) is 6.19. The number of aromatic nitrogens is 2. The Labute approximate surface area is 150 Å². The number of ether oxygens (including phenoxy) is 2. The molecule has 130 valence electrons. The Balaban J connectivity index is 2.14. The summed E-state index contributed by atoms with van der Waals surface area (Å²) in [6, 6.07) is 17.6. The van der Waals surface area contributed by atoms with Crippen molar-refractivity contribution in [1.82, 2.24) is 9.55 Å². The molecule has 4 aromatic rings. The van der Waals surface area contributed by atoms with E-state index >= 15 is 0 Å². The summed E-state index contributed by atoms with van der Waals surface area (Å²) in [6.07, 6.45) is 0. The molecule has 0 unspecified atom stereocenters. The third kappa shape index (κ3) is 2.40. The molecule has 0 N–H and O–H groups in total. The van der Waals surface area contributed by atoms with Gasteiger partial charge >= 0.3 is 5.97 Å². The maximum atomic E-state index is 12.2. The molecule has 0 atom stereocenters. The van der Waals surface area contributed by atoms with Crippen molar-refractivity contribution < 1.29 is 14.3 Å². The summed E-state index contributed by atoms with van der Waals surface area (Å²) in [5.41, 5.74) is 3.93. The van der Waals surface area contributed by atoms with Crippen molar-refractivity contribution in [3.05, 3.63) is 60.3 Å². The van der Waals surface area contributed by atoms with Crippen molar-refractivity contribution in [1.29, 1.82) is 0 Å². The monoisotopic (exact) mass is 346 g/mol. The van der Waals surface area contributed by atoms with E-state index in [4.69, 9.17) is 9.47 Å². The zero-order valence-electron chi connectivity index (χ0n) is 14.8. The van der Waals surface area contributed by atoms with Gasteiger partial charge in [-0.05, 0) is 24.3 Å². The SMILES string of the molecule is COC(=O)c1cc2c3ccccc3n(C)c2c(-c2cccc(OC)c2)n1. The van der Waals surface area contributed by atoms with Gasteiger partial charge in [-0.1, -0.05) is 30.3 Å². The molecule has 0 aliphatic carbocycles. The summed E-state index contributed by atoms with van der Waals surface area (Å²) in [7, 11) is 5.00. The minimum Gasteiger partial charge on any atom is -0.497 e. The Bertz CT molecular complexity index is 1140. The maximum absolute atomic E-state index is 12.2. The van der Waals surface area contributed by atoms with E-state index in [0.717, 1.165) is 38.8 Å². The Morgan fingerprint density at radius 1 is 1.00 bits per heavy atom. The van der Waals surface area contributed by atoms with Gasteiger partial charge in [0.2, 0.25) is 0 Å². The number of aryl methyl sites for hydroxylation is 1. The van der Waals surface area contributed by atoms with Gasteiger partial charge in [0.05, 0.1) is 25.4 Å². The normalized spacial score (nSPS) is 11.0. The zero-order valence-corrected chi connectivity index (χ0v) is 14.8. The lowest BCUT2D eigenvalue weighted by Gasteiger charge is -2.10. The molecule has 5 nitrogen and oxygen atoms in total. The Morgan fingerprint density at radius 2 is 1.81 bits per heavy atom.